The lowest BCUT2D eigenvalue weighted by Gasteiger charge is -2.11. The molecule has 0 bridgehead atoms. The van der Waals surface area contributed by atoms with Crippen LogP contribution in [0.2, 0.25) is 0 Å². The van der Waals surface area contributed by atoms with Gasteiger partial charge >= 0.3 is 18.1 Å². The van der Waals surface area contributed by atoms with Crippen molar-refractivity contribution in [1.82, 2.24) is 4.98 Å². The molecule has 0 spiro atoms. The van der Waals surface area contributed by atoms with E-state index in [1.165, 1.54) is 0 Å². The molecule has 0 saturated carbocycles. The van der Waals surface area contributed by atoms with Crippen LogP contribution in [-0.4, -0.2) is 16.1 Å². The van der Waals surface area contributed by atoms with E-state index in [9.17, 15) is 26.7 Å². The average molecular weight is 241 g/mol. The van der Waals surface area contributed by atoms with Crippen molar-refractivity contribution in [2.45, 2.75) is 12.1 Å². The number of rotatable bonds is 2. The van der Waals surface area contributed by atoms with Crippen molar-refractivity contribution < 1.29 is 31.9 Å². The fourth-order valence-electron chi connectivity index (χ4n) is 0.857. The minimum Gasteiger partial charge on any atom is -0.476 e. The van der Waals surface area contributed by atoms with Gasteiger partial charge in [0.05, 0.1) is 5.56 Å². The van der Waals surface area contributed by atoms with Crippen molar-refractivity contribution >= 4 is 5.97 Å². The van der Waals surface area contributed by atoms with Crippen LogP contribution in [0.5, 0.6) is 0 Å². The first-order valence-electron chi connectivity index (χ1n) is 3.80. The third-order valence-electron chi connectivity index (χ3n) is 1.68. The number of halogens is 5. The van der Waals surface area contributed by atoms with E-state index in [0.29, 0.717) is 12.1 Å². The lowest BCUT2D eigenvalue weighted by atomic mass is 10.2. The average Bonchev–Trinajstić information content (AvgIpc) is 2.16. The zero-order valence-corrected chi connectivity index (χ0v) is 7.42. The number of hydrogen-bond acceptors (Lipinski definition) is 2. The molecule has 0 unspecified atom stereocenters. The third kappa shape index (κ3) is 2.26. The molecule has 0 fully saturated rings. The summed E-state index contributed by atoms with van der Waals surface area (Å²) in [4.78, 5) is 12.9. The van der Waals surface area contributed by atoms with Crippen LogP contribution in [0, 0.1) is 0 Å². The summed E-state index contributed by atoms with van der Waals surface area (Å²) < 4.78 is 61.6. The van der Waals surface area contributed by atoms with Crippen LogP contribution in [0.4, 0.5) is 22.0 Å². The van der Waals surface area contributed by atoms with Gasteiger partial charge < -0.3 is 5.11 Å². The molecule has 1 heterocycles. The summed E-state index contributed by atoms with van der Waals surface area (Å²) in [5, 5.41) is 8.11. The van der Waals surface area contributed by atoms with Crippen molar-refractivity contribution in [2.24, 2.45) is 0 Å². The van der Waals surface area contributed by atoms with Crippen LogP contribution in [0.25, 0.3) is 0 Å². The smallest absolute Gasteiger partial charge is 0.417 e. The first-order chi connectivity index (χ1) is 7.15. The number of aliphatic carboxylic acids is 1. The molecule has 88 valence electrons. The van der Waals surface area contributed by atoms with Gasteiger partial charge in [-0.25, -0.2) is 4.79 Å². The molecule has 16 heavy (non-hydrogen) atoms. The largest absolute Gasteiger partial charge is 0.476 e. The van der Waals surface area contributed by atoms with Crippen molar-refractivity contribution in [3.8, 4) is 0 Å². The van der Waals surface area contributed by atoms with Gasteiger partial charge in [-0.15, -0.1) is 0 Å². The van der Waals surface area contributed by atoms with Gasteiger partial charge in [-0.3, -0.25) is 4.98 Å². The summed E-state index contributed by atoms with van der Waals surface area (Å²) in [5.74, 6) is -6.77. The molecule has 0 aliphatic rings. The number of carboxylic acid groups (broad SMARTS) is 1. The Balaban J connectivity index is 3.09. The Labute approximate surface area is 85.5 Å². The van der Waals surface area contributed by atoms with Crippen LogP contribution >= 0.6 is 0 Å². The second kappa shape index (κ2) is 3.69. The molecule has 1 aromatic rings. The normalized spacial score (nSPS) is 12.6. The lowest BCUT2D eigenvalue weighted by molar-refractivity contribution is -0.167. The Hall–Kier alpha value is -1.73. The maximum Gasteiger partial charge on any atom is 0.417 e. The second-order valence-electron chi connectivity index (χ2n) is 2.81. The summed E-state index contributed by atoms with van der Waals surface area (Å²) in [5.41, 5.74) is -2.47. The van der Waals surface area contributed by atoms with Gasteiger partial charge in [0.2, 0.25) is 0 Å². The Bertz CT molecular complexity index is 398. The highest BCUT2D eigenvalue weighted by atomic mass is 19.4. The molecule has 0 atom stereocenters. The van der Waals surface area contributed by atoms with Crippen molar-refractivity contribution in [3.63, 3.8) is 0 Å². The van der Waals surface area contributed by atoms with Crippen LogP contribution < -0.4 is 0 Å². The molecule has 0 radical (unpaired) electrons. The molecule has 8 heteroatoms. The van der Waals surface area contributed by atoms with Gasteiger partial charge in [0.15, 0.2) is 0 Å². The van der Waals surface area contributed by atoms with E-state index in [1.54, 1.807) is 0 Å². The highest BCUT2D eigenvalue weighted by Crippen LogP contribution is 2.31. The molecule has 1 aromatic heterocycles. The van der Waals surface area contributed by atoms with Crippen LogP contribution in [-0.2, 0) is 16.9 Å². The number of nitrogens with zero attached hydrogens (tertiary/aromatic N) is 1. The Morgan fingerprint density at radius 3 is 2.06 bits per heavy atom. The van der Waals surface area contributed by atoms with Crippen molar-refractivity contribution in [2.75, 3.05) is 0 Å². The number of carboxylic acids is 1. The topological polar surface area (TPSA) is 50.2 Å². The van der Waals surface area contributed by atoms with Gasteiger partial charge in [0, 0.05) is 6.20 Å². The summed E-state index contributed by atoms with van der Waals surface area (Å²) in [7, 11) is 0. The van der Waals surface area contributed by atoms with Gasteiger partial charge in [0.25, 0.3) is 0 Å². The summed E-state index contributed by atoms with van der Waals surface area (Å²) >= 11 is 0. The van der Waals surface area contributed by atoms with E-state index in [4.69, 9.17) is 5.11 Å². The first kappa shape index (κ1) is 12.3. The lowest BCUT2D eigenvalue weighted by Crippen LogP contribution is -2.26. The molecular weight excluding hydrogens is 237 g/mol. The maximum absolute atomic E-state index is 12.8. The molecule has 0 aliphatic heterocycles. The quantitative estimate of drug-likeness (QED) is 0.808. The fraction of sp³-hybridized carbons (Fsp3) is 0.250. The van der Waals surface area contributed by atoms with E-state index in [-0.39, 0.29) is 6.20 Å². The second-order valence-corrected chi connectivity index (χ2v) is 2.81. The number of alkyl halides is 5. The number of pyridine rings is 1. The number of carbonyl (C=O) groups is 1. The first-order valence-corrected chi connectivity index (χ1v) is 3.80. The zero-order chi connectivity index (χ0) is 12.6. The minimum absolute atomic E-state index is 0.159. The van der Waals surface area contributed by atoms with Crippen LogP contribution in [0.3, 0.4) is 0 Å². The van der Waals surface area contributed by atoms with E-state index < -0.39 is 29.3 Å². The predicted octanol–water partition coefficient (Wildman–Crippen LogP) is 2.28. The molecule has 1 rings (SSSR count). The van der Waals surface area contributed by atoms with Gasteiger partial charge in [-0.05, 0) is 12.1 Å². The van der Waals surface area contributed by atoms with E-state index in [0.717, 1.165) is 0 Å². The summed E-state index contributed by atoms with van der Waals surface area (Å²) in [6.45, 7) is 0. The molecule has 1 N–H and O–H groups in total. The Morgan fingerprint density at radius 2 is 1.75 bits per heavy atom. The van der Waals surface area contributed by atoms with Gasteiger partial charge in [0.1, 0.15) is 5.69 Å². The van der Waals surface area contributed by atoms with E-state index >= 15 is 0 Å². The molecule has 3 nitrogen and oxygen atoms in total. The standard InChI is InChI=1S/C8H4F5NO2/c9-7(10,6(15)16)5-2-1-4(3-14-5)8(11,12)13/h1-3H,(H,15,16). The summed E-state index contributed by atoms with van der Waals surface area (Å²) in [6, 6.07) is 0.677. The van der Waals surface area contributed by atoms with Crippen molar-refractivity contribution in [3.05, 3.63) is 29.6 Å². The zero-order valence-electron chi connectivity index (χ0n) is 7.42. The Morgan fingerprint density at radius 1 is 1.19 bits per heavy atom. The molecule has 0 aromatic carbocycles. The monoisotopic (exact) mass is 241 g/mol. The molecular formula is C8H4F5NO2. The molecule has 0 amide bonds. The van der Waals surface area contributed by atoms with Crippen LogP contribution in [0.15, 0.2) is 18.3 Å². The number of hydrogen-bond donors (Lipinski definition) is 1. The van der Waals surface area contributed by atoms with Gasteiger partial charge in [-0.2, -0.15) is 22.0 Å². The van der Waals surface area contributed by atoms with E-state index in [1.807, 2.05) is 0 Å². The minimum atomic E-state index is -4.70. The third-order valence-corrected chi connectivity index (χ3v) is 1.68. The maximum atomic E-state index is 12.8. The predicted molar refractivity (Wildman–Crippen MR) is 40.8 cm³/mol. The molecule has 0 saturated heterocycles. The SMILES string of the molecule is O=C(O)C(F)(F)c1ccc(C(F)(F)F)cn1. The van der Waals surface area contributed by atoms with Crippen LogP contribution in [0.1, 0.15) is 11.3 Å². The number of aromatic nitrogens is 1. The highest BCUT2D eigenvalue weighted by Gasteiger charge is 2.43. The molecule has 0 aliphatic carbocycles. The fourth-order valence-corrected chi connectivity index (χ4v) is 0.857. The van der Waals surface area contributed by atoms with Gasteiger partial charge in [-0.1, -0.05) is 0 Å². The van der Waals surface area contributed by atoms with E-state index in [2.05, 4.69) is 4.98 Å². The Kier molecular flexibility index (Phi) is 2.85. The highest BCUT2D eigenvalue weighted by molar-refractivity contribution is 5.76. The summed E-state index contributed by atoms with van der Waals surface area (Å²) in [6.07, 6.45) is -4.55. The van der Waals surface area contributed by atoms with Crippen molar-refractivity contribution in [1.29, 1.82) is 0 Å².